The molecule has 1 atom stereocenters. The van der Waals surface area contributed by atoms with Crippen LogP contribution in [0, 0.1) is 5.92 Å². The van der Waals surface area contributed by atoms with Crippen molar-refractivity contribution < 1.29 is 4.79 Å². The average molecular weight is 302 g/mol. The molecule has 1 unspecified atom stereocenters. The Morgan fingerprint density at radius 2 is 2.00 bits per heavy atom. The maximum Gasteiger partial charge on any atom is 0.228 e. The molecular weight excluding hydrogens is 280 g/mol. The van der Waals surface area contributed by atoms with Gasteiger partial charge in [-0.3, -0.25) is 4.79 Å². The number of thiazole rings is 1. The predicted octanol–water partition coefficient (Wildman–Crippen LogP) is 4.75. The standard InChI is InChI=1S/C17H22N2OS/c1-4-9-12(3)16(20)19-17-18-15(14(5-2)21-17)13-10-7-6-8-11-13/h6-8,10-12H,4-5,9H2,1-3H3,(H,18,19,20). The molecule has 21 heavy (non-hydrogen) atoms. The van der Waals surface area contributed by atoms with Crippen molar-refractivity contribution in [1.29, 1.82) is 0 Å². The molecule has 0 bridgehead atoms. The number of hydrogen-bond donors (Lipinski definition) is 1. The number of aromatic nitrogens is 1. The Hall–Kier alpha value is -1.68. The zero-order valence-electron chi connectivity index (χ0n) is 12.8. The molecule has 1 aromatic heterocycles. The minimum atomic E-state index is 0.0316. The first-order valence-electron chi connectivity index (χ1n) is 7.51. The Bertz CT molecular complexity index is 592. The van der Waals surface area contributed by atoms with E-state index >= 15 is 0 Å². The fourth-order valence-corrected chi connectivity index (χ4v) is 3.19. The Balaban J connectivity index is 2.20. The molecular formula is C17H22N2OS. The van der Waals surface area contributed by atoms with Crippen LogP contribution in [0.5, 0.6) is 0 Å². The number of hydrogen-bond acceptors (Lipinski definition) is 3. The summed E-state index contributed by atoms with van der Waals surface area (Å²) in [6, 6.07) is 10.1. The predicted molar refractivity (Wildman–Crippen MR) is 89.6 cm³/mol. The number of amides is 1. The lowest BCUT2D eigenvalue weighted by Gasteiger charge is -2.08. The zero-order valence-corrected chi connectivity index (χ0v) is 13.7. The Morgan fingerprint density at radius 3 is 2.62 bits per heavy atom. The van der Waals surface area contributed by atoms with E-state index in [2.05, 4.69) is 36.3 Å². The minimum absolute atomic E-state index is 0.0316. The molecule has 0 saturated heterocycles. The van der Waals surface area contributed by atoms with Crippen molar-refractivity contribution in [2.24, 2.45) is 5.92 Å². The summed E-state index contributed by atoms with van der Waals surface area (Å²) in [7, 11) is 0. The fraction of sp³-hybridized carbons (Fsp3) is 0.412. The molecule has 112 valence electrons. The molecule has 0 aliphatic rings. The molecule has 1 N–H and O–H groups in total. The number of carbonyl (C=O) groups is 1. The van der Waals surface area contributed by atoms with Crippen molar-refractivity contribution in [3.8, 4) is 11.3 Å². The molecule has 0 spiro atoms. The van der Waals surface area contributed by atoms with Crippen molar-refractivity contribution in [2.45, 2.75) is 40.0 Å². The summed E-state index contributed by atoms with van der Waals surface area (Å²) in [6.45, 7) is 6.17. The van der Waals surface area contributed by atoms with Crippen LogP contribution in [0.1, 0.15) is 38.5 Å². The highest BCUT2D eigenvalue weighted by atomic mass is 32.1. The van der Waals surface area contributed by atoms with E-state index in [1.807, 2.05) is 25.1 Å². The van der Waals surface area contributed by atoms with Gasteiger partial charge < -0.3 is 5.32 Å². The molecule has 1 heterocycles. The first-order valence-corrected chi connectivity index (χ1v) is 8.33. The Labute approximate surface area is 130 Å². The first kappa shape index (κ1) is 15.7. The van der Waals surface area contributed by atoms with E-state index in [4.69, 9.17) is 0 Å². The molecule has 1 aromatic carbocycles. The van der Waals surface area contributed by atoms with Crippen LogP contribution < -0.4 is 5.32 Å². The van der Waals surface area contributed by atoms with Crippen LogP contribution in [0.15, 0.2) is 30.3 Å². The van der Waals surface area contributed by atoms with Gasteiger partial charge in [0.25, 0.3) is 0 Å². The fourth-order valence-electron chi connectivity index (χ4n) is 2.26. The van der Waals surface area contributed by atoms with Gasteiger partial charge in [-0.05, 0) is 12.8 Å². The Kier molecular flexibility index (Phi) is 5.51. The van der Waals surface area contributed by atoms with Gasteiger partial charge in [0.05, 0.1) is 5.69 Å². The average Bonchev–Trinajstić information content (AvgIpc) is 2.91. The largest absolute Gasteiger partial charge is 0.302 e. The van der Waals surface area contributed by atoms with Gasteiger partial charge in [-0.2, -0.15) is 0 Å². The van der Waals surface area contributed by atoms with E-state index in [0.29, 0.717) is 5.13 Å². The number of aryl methyl sites for hydroxylation is 1. The molecule has 1 amide bonds. The summed E-state index contributed by atoms with van der Waals surface area (Å²) in [5.74, 6) is 0.0945. The van der Waals surface area contributed by atoms with Gasteiger partial charge in [-0.15, -0.1) is 11.3 Å². The van der Waals surface area contributed by atoms with Crippen molar-refractivity contribution in [2.75, 3.05) is 5.32 Å². The lowest BCUT2D eigenvalue weighted by atomic mass is 10.1. The van der Waals surface area contributed by atoms with Crippen molar-refractivity contribution >= 4 is 22.4 Å². The summed E-state index contributed by atoms with van der Waals surface area (Å²) in [4.78, 5) is 17.9. The van der Waals surface area contributed by atoms with Crippen LogP contribution in [-0.4, -0.2) is 10.9 Å². The van der Waals surface area contributed by atoms with Crippen molar-refractivity contribution in [1.82, 2.24) is 4.98 Å². The van der Waals surface area contributed by atoms with Crippen LogP contribution in [-0.2, 0) is 11.2 Å². The summed E-state index contributed by atoms with van der Waals surface area (Å²) in [5, 5.41) is 3.67. The molecule has 0 radical (unpaired) electrons. The molecule has 0 aliphatic heterocycles. The van der Waals surface area contributed by atoms with E-state index in [0.717, 1.165) is 30.5 Å². The third-order valence-electron chi connectivity index (χ3n) is 3.47. The second-order valence-electron chi connectivity index (χ2n) is 5.19. The zero-order chi connectivity index (χ0) is 15.2. The Morgan fingerprint density at radius 1 is 1.29 bits per heavy atom. The van der Waals surface area contributed by atoms with Gasteiger partial charge in [-0.1, -0.05) is 57.5 Å². The van der Waals surface area contributed by atoms with Gasteiger partial charge in [-0.25, -0.2) is 4.98 Å². The third-order valence-corrected chi connectivity index (χ3v) is 4.58. The first-order chi connectivity index (χ1) is 10.2. The van der Waals surface area contributed by atoms with Gasteiger partial charge in [0.15, 0.2) is 5.13 Å². The third kappa shape index (κ3) is 3.91. The molecule has 0 aliphatic carbocycles. The van der Waals surface area contributed by atoms with Crippen LogP contribution in [0.4, 0.5) is 5.13 Å². The maximum absolute atomic E-state index is 12.1. The quantitative estimate of drug-likeness (QED) is 0.837. The summed E-state index contributed by atoms with van der Waals surface area (Å²) < 4.78 is 0. The normalized spacial score (nSPS) is 12.1. The van der Waals surface area contributed by atoms with Crippen molar-refractivity contribution in [3.63, 3.8) is 0 Å². The van der Waals surface area contributed by atoms with E-state index in [1.165, 1.54) is 4.88 Å². The second kappa shape index (κ2) is 7.36. The van der Waals surface area contributed by atoms with Crippen LogP contribution >= 0.6 is 11.3 Å². The molecule has 2 rings (SSSR count). The van der Waals surface area contributed by atoms with Gasteiger partial charge in [0.2, 0.25) is 5.91 Å². The number of carbonyl (C=O) groups excluding carboxylic acids is 1. The van der Waals surface area contributed by atoms with Crippen molar-refractivity contribution in [3.05, 3.63) is 35.2 Å². The van der Waals surface area contributed by atoms with E-state index in [9.17, 15) is 4.79 Å². The number of nitrogens with one attached hydrogen (secondary N) is 1. The number of anilines is 1. The van der Waals surface area contributed by atoms with Crippen LogP contribution in [0.2, 0.25) is 0 Å². The SMILES string of the molecule is CCCC(C)C(=O)Nc1nc(-c2ccccc2)c(CC)s1. The van der Waals surface area contributed by atoms with Crippen LogP contribution in [0.3, 0.4) is 0 Å². The van der Waals surface area contributed by atoms with Gasteiger partial charge in [0, 0.05) is 16.4 Å². The topological polar surface area (TPSA) is 42.0 Å². The molecule has 0 saturated carbocycles. The second-order valence-corrected chi connectivity index (χ2v) is 6.27. The van der Waals surface area contributed by atoms with Crippen LogP contribution in [0.25, 0.3) is 11.3 Å². The smallest absolute Gasteiger partial charge is 0.228 e. The molecule has 4 heteroatoms. The summed E-state index contributed by atoms with van der Waals surface area (Å²) in [6.07, 6.45) is 2.84. The molecule has 2 aromatic rings. The van der Waals surface area contributed by atoms with Gasteiger partial charge in [0.1, 0.15) is 0 Å². The van der Waals surface area contributed by atoms with E-state index in [1.54, 1.807) is 11.3 Å². The van der Waals surface area contributed by atoms with E-state index < -0.39 is 0 Å². The molecule has 0 fully saturated rings. The summed E-state index contributed by atoms with van der Waals surface area (Å²) >= 11 is 1.58. The molecule has 3 nitrogen and oxygen atoms in total. The lowest BCUT2D eigenvalue weighted by molar-refractivity contribution is -0.119. The monoisotopic (exact) mass is 302 g/mol. The summed E-state index contributed by atoms with van der Waals surface area (Å²) in [5.41, 5.74) is 2.09. The highest BCUT2D eigenvalue weighted by Crippen LogP contribution is 2.31. The van der Waals surface area contributed by atoms with E-state index in [-0.39, 0.29) is 11.8 Å². The highest BCUT2D eigenvalue weighted by Gasteiger charge is 2.16. The highest BCUT2D eigenvalue weighted by molar-refractivity contribution is 7.16. The minimum Gasteiger partial charge on any atom is -0.302 e. The number of benzene rings is 1. The van der Waals surface area contributed by atoms with Gasteiger partial charge >= 0.3 is 0 Å². The lowest BCUT2D eigenvalue weighted by Crippen LogP contribution is -2.20. The maximum atomic E-state index is 12.1. The number of rotatable bonds is 6. The number of nitrogens with zero attached hydrogens (tertiary/aromatic N) is 1.